The molecule has 0 atom stereocenters. The molecule has 0 saturated carbocycles. The van der Waals surface area contributed by atoms with Crippen molar-refractivity contribution in [2.24, 2.45) is 7.05 Å². The van der Waals surface area contributed by atoms with Gasteiger partial charge in [-0.05, 0) is 6.07 Å². The van der Waals surface area contributed by atoms with Gasteiger partial charge in [0.15, 0.2) is 0 Å². The van der Waals surface area contributed by atoms with E-state index in [0.717, 1.165) is 5.39 Å². The van der Waals surface area contributed by atoms with Gasteiger partial charge in [0.2, 0.25) is 0 Å². The van der Waals surface area contributed by atoms with Crippen LogP contribution in [0.3, 0.4) is 0 Å². The van der Waals surface area contributed by atoms with Crippen LogP contribution in [0.2, 0.25) is 0 Å². The lowest BCUT2D eigenvalue weighted by atomic mass is 10.2. The van der Waals surface area contributed by atoms with Gasteiger partial charge < -0.3 is 0 Å². The first-order chi connectivity index (χ1) is 5.79. The van der Waals surface area contributed by atoms with Gasteiger partial charge in [0.25, 0.3) is 5.56 Å². The Bertz CT molecular complexity index is 473. The van der Waals surface area contributed by atoms with E-state index in [1.54, 1.807) is 13.1 Å². The van der Waals surface area contributed by atoms with Crippen LogP contribution >= 0.6 is 0 Å². The minimum absolute atomic E-state index is 0.0793. The maximum absolute atomic E-state index is 11.4. The van der Waals surface area contributed by atoms with Gasteiger partial charge in [-0.3, -0.25) is 4.79 Å². The monoisotopic (exact) mass is 159 g/mol. The molecule has 0 bridgehead atoms. The Morgan fingerprint density at radius 2 is 2.17 bits per heavy atom. The molecule has 1 heterocycles. The number of nitrogens with zero attached hydrogens (tertiary/aromatic N) is 2. The highest BCUT2D eigenvalue weighted by atomic mass is 16.1. The molecule has 1 radical (unpaired) electrons. The number of hydrogen-bond donors (Lipinski definition) is 0. The molecular formula is C9H7N2O. The van der Waals surface area contributed by atoms with Gasteiger partial charge in [-0.1, -0.05) is 18.2 Å². The molecule has 0 unspecified atom stereocenters. The SMILES string of the molecule is Cn1n[c]c2ccccc2c1=O. The Hall–Kier alpha value is -1.64. The molecule has 2 rings (SSSR count). The van der Waals surface area contributed by atoms with Crippen molar-refractivity contribution < 1.29 is 0 Å². The van der Waals surface area contributed by atoms with Gasteiger partial charge in [-0.25, -0.2) is 4.68 Å². The first-order valence-electron chi connectivity index (χ1n) is 3.63. The van der Waals surface area contributed by atoms with Crippen molar-refractivity contribution in [3.05, 3.63) is 40.8 Å². The molecule has 0 spiro atoms. The summed E-state index contributed by atoms with van der Waals surface area (Å²) in [7, 11) is 1.62. The number of hydrogen-bond acceptors (Lipinski definition) is 2. The summed E-state index contributed by atoms with van der Waals surface area (Å²) in [6.45, 7) is 0. The summed E-state index contributed by atoms with van der Waals surface area (Å²) in [6.07, 6.45) is 2.77. The second kappa shape index (κ2) is 2.44. The van der Waals surface area contributed by atoms with Crippen LogP contribution in [-0.2, 0) is 7.05 Å². The van der Waals surface area contributed by atoms with Crippen molar-refractivity contribution in [3.63, 3.8) is 0 Å². The molecule has 3 heteroatoms. The van der Waals surface area contributed by atoms with Crippen molar-refractivity contribution in [2.45, 2.75) is 0 Å². The fourth-order valence-corrected chi connectivity index (χ4v) is 1.12. The first kappa shape index (κ1) is 7.03. The maximum Gasteiger partial charge on any atom is 0.274 e. The second-order valence-corrected chi connectivity index (χ2v) is 2.59. The summed E-state index contributed by atoms with van der Waals surface area (Å²) in [5.74, 6) is 0. The molecule has 0 amide bonds. The van der Waals surface area contributed by atoms with Crippen LogP contribution < -0.4 is 5.56 Å². The summed E-state index contributed by atoms with van der Waals surface area (Å²) < 4.78 is 1.28. The minimum Gasteiger partial charge on any atom is -0.267 e. The quantitative estimate of drug-likeness (QED) is 0.568. The van der Waals surface area contributed by atoms with Crippen molar-refractivity contribution in [1.82, 2.24) is 9.78 Å². The van der Waals surface area contributed by atoms with Gasteiger partial charge in [-0.2, -0.15) is 5.10 Å². The van der Waals surface area contributed by atoms with E-state index >= 15 is 0 Å². The first-order valence-corrected chi connectivity index (χ1v) is 3.63. The third kappa shape index (κ3) is 0.906. The molecule has 0 aliphatic heterocycles. The normalized spacial score (nSPS) is 10.4. The van der Waals surface area contributed by atoms with Gasteiger partial charge in [0.1, 0.15) is 6.20 Å². The van der Waals surface area contributed by atoms with E-state index in [2.05, 4.69) is 11.3 Å². The number of benzene rings is 1. The molecule has 59 valence electrons. The highest BCUT2D eigenvalue weighted by Crippen LogP contribution is 2.04. The lowest BCUT2D eigenvalue weighted by molar-refractivity contribution is 0.715. The van der Waals surface area contributed by atoms with E-state index in [9.17, 15) is 4.79 Å². The summed E-state index contributed by atoms with van der Waals surface area (Å²) in [6, 6.07) is 7.29. The smallest absolute Gasteiger partial charge is 0.267 e. The highest BCUT2D eigenvalue weighted by molar-refractivity contribution is 5.79. The third-order valence-electron chi connectivity index (χ3n) is 1.77. The Morgan fingerprint density at radius 1 is 1.42 bits per heavy atom. The predicted molar refractivity (Wildman–Crippen MR) is 45.8 cm³/mol. The van der Waals surface area contributed by atoms with Gasteiger partial charge in [0, 0.05) is 12.4 Å². The lowest BCUT2D eigenvalue weighted by Gasteiger charge is -1.97. The summed E-state index contributed by atoms with van der Waals surface area (Å²) >= 11 is 0. The van der Waals surface area contributed by atoms with E-state index in [0.29, 0.717) is 5.39 Å². The van der Waals surface area contributed by atoms with Crippen LogP contribution in [0.25, 0.3) is 10.8 Å². The summed E-state index contributed by atoms with van der Waals surface area (Å²) in [5.41, 5.74) is -0.0793. The fraction of sp³-hybridized carbons (Fsp3) is 0.111. The topological polar surface area (TPSA) is 34.9 Å². The van der Waals surface area contributed by atoms with Crippen LogP contribution in [0.15, 0.2) is 29.1 Å². The van der Waals surface area contributed by atoms with E-state index in [1.807, 2.05) is 18.2 Å². The molecule has 0 saturated heterocycles. The predicted octanol–water partition coefficient (Wildman–Crippen LogP) is 0.734. The molecule has 3 nitrogen and oxygen atoms in total. The average molecular weight is 159 g/mol. The largest absolute Gasteiger partial charge is 0.274 e. The van der Waals surface area contributed by atoms with E-state index in [1.165, 1.54) is 4.68 Å². The molecule has 0 fully saturated rings. The van der Waals surface area contributed by atoms with E-state index in [4.69, 9.17) is 0 Å². The Kier molecular flexibility index (Phi) is 1.43. The summed E-state index contributed by atoms with van der Waals surface area (Å²) in [4.78, 5) is 11.4. The second-order valence-electron chi connectivity index (χ2n) is 2.59. The van der Waals surface area contributed by atoms with Gasteiger partial charge in [-0.15, -0.1) is 0 Å². The number of aryl methyl sites for hydroxylation is 1. The highest BCUT2D eigenvalue weighted by Gasteiger charge is 1.98. The fourth-order valence-electron chi connectivity index (χ4n) is 1.12. The molecule has 12 heavy (non-hydrogen) atoms. The average Bonchev–Trinajstić information content (AvgIpc) is 2.12. The van der Waals surface area contributed by atoms with Crippen LogP contribution in [0.1, 0.15) is 0 Å². The minimum atomic E-state index is -0.0793. The Morgan fingerprint density at radius 3 is 3.00 bits per heavy atom. The Labute approximate surface area is 69.3 Å². The van der Waals surface area contributed by atoms with Crippen molar-refractivity contribution >= 4 is 10.8 Å². The Balaban J connectivity index is 3.01. The van der Waals surface area contributed by atoms with Crippen LogP contribution in [0, 0.1) is 6.20 Å². The van der Waals surface area contributed by atoms with E-state index < -0.39 is 0 Å². The molecule has 2 aromatic rings. The number of rotatable bonds is 0. The standard InChI is InChI=1S/C9H7N2O/c1-11-9(12)8-5-3-2-4-7(8)6-10-11/h2-5H,1H3. The maximum atomic E-state index is 11.4. The molecule has 0 aliphatic carbocycles. The van der Waals surface area contributed by atoms with Gasteiger partial charge in [0.05, 0.1) is 5.39 Å². The van der Waals surface area contributed by atoms with Crippen molar-refractivity contribution in [3.8, 4) is 0 Å². The zero-order valence-electron chi connectivity index (χ0n) is 6.61. The molecular weight excluding hydrogens is 152 g/mol. The van der Waals surface area contributed by atoms with Crippen molar-refractivity contribution in [2.75, 3.05) is 0 Å². The molecule has 0 N–H and O–H groups in total. The molecule has 0 aliphatic rings. The van der Waals surface area contributed by atoms with Crippen LogP contribution in [0.5, 0.6) is 0 Å². The zero-order valence-corrected chi connectivity index (χ0v) is 6.61. The van der Waals surface area contributed by atoms with Crippen LogP contribution in [0.4, 0.5) is 0 Å². The molecule has 1 aromatic carbocycles. The number of fused-ring (bicyclic) bond motifs is 1. The van der Waals surface area contributed by atoms with Crippen LogP contribution in [-0.4, -0.2) is 9.78 Å². The van der Waals surface area contributed by atoms with Gasteiger partial charge >= 0.3 is 0 Å². The number of aromatic nitrogens is 2. The van der Waals surface area contributed by atoms with E-state index in [-0.39, 0.29) is 5.56 Å². The third-order valence-corrected chi connectivity index (χ3v) is 1.77. The summed E-state index contributed by atoms with van der Waals surface area (Å²) in [5, 5.41) is 5.21. The van der Waals surface area contributed by atoms with Crippen molar-refractivity contribution in [1.29, 1.82) is 0 Å². The zero-order chi connectivity index (χ0) is 8.55. The molecule has 1 aromatic heterocycles. The lowest BCUT2D eigenvalue weighted by Crippen LogP contribution is -2.18.